The molecule has 1 aromatic heterocycles. The Morgan fingerprint density at radius 2 is 2.00 bits per heavy atom. The van der Waals surface area contributed by atoms with Gasteiger partial charge in [-0.15, -0.1) is 5.10 Å². The monoisotopic (exact) mass is 377 g/mol. The number of para-hydroxylation sites is 1. The number of hydrogen-bond acceptors (Lipinski definition) is 6. The normalized spacial score (nSPS) is 18.5. The van der Waals surface area contributed by atoms with Crippen molar-refractivity contribution in [2.24, 2.45) is 0 Å². The van der Waals surface area contributed by atoms with Gasteiger partial charge in [0.1, 0.15) is 16.7 Å². The fourth-order valence-electron chi connectivity index (χ4n) is 2.92. The molecule has 1 fully saturated rings. The van der Waals surface area contributed by atoms with Gasteiger partial charge in [0.15, 0.2) is 0 Å². The third-order valence-electron chi connectivity index (χ3n) is 4.17. The van der Waals surface area contributed by atoms with E-state index < -0.39 is 10.0 Å². The molecule has 0 saturated carbocycles. The topological polar surface area (TPSA) is 81.6 Å². The molecule has 0 aliphatic carbocycles. The summed E-state index contributed by atoms with van der Waals surface area (Å²) in [5.74, 6) is 0.789. The number of benzene rings is 1. The average molecular weight is 377 g/mol. The number of ether oxygens (including phenoxy) is 2. The summed E-state index contributed by atoms with van der Waals surface area (Å²) in [5, 5.41) is 7.96. The van der Waals surface area contributed by atoms with Crippen LogP contribution in [0, 0.1) is 6.92 Å². The van der Waals surface area contributed by atoms with Crippen LogP contribution < -0.4 is 9.47 Å². The van der Waals surface area contributed by atoms with Crippen LogP contribution in [0.2, 0.25) is 0 Å². The van der Waals surface area contributed by atoms with Crippen LogP contribution in [0.4, 0.5) is 0 Å². The van der Waals surface area contributed by atoms with Gasteiger partial charge in [-0.1, -0.05) is 12.1 Å². The molecule has 0 spiro atoms. The van der Waals surface area contributed by atoms with Crippen LogP contribution in [-0.2, 0) is 10.0 Å². The van der Waals surface area contributed by atoms with E-state index in [9.17, 15) is 8.42 Å². The second-order valence-electron chi connectivity index (χ2n) is 6.14. The molecule has 0 radical (unpaired) electrons. The first-order valence-corrected chi connectivity index (χ1v) is 10.1. The van der Waals surface area contributed by atoms with Gasteiger partial charge in [0.05, 0.1) is 18.8 Å². The Morgan fingerprint density at radius 3 is 2.73 bits per heavy atom. The zero-order chi connectivity index (χ0) is 18.6. The summed E-state index contributed by atoms with van der Waals surface area (Å²) in [6.45, 7) is 4.82. The Kier molecular flexibility index (Phi) is 5.73. The molecule has 26 heavy (non-hydrogen) atoms. The maximum Gasteiger partial charge on any atom is 0.246 e. The summed E-state index contributed by atoms with van der Waals surface area (Å²) in [6.07, 6.45) is 1.24. The van der Waals surface area contributed by atoms with Crippen molar-refractivity contribution in [1.82, 2.24) is 14.5 Å². The van der Waals surface area contributed by atoms with Gasteiger partial charge in [-0.3, -0.25) is 0 Å². The summed E-state index contributed by atoms with van der Waals surface area (Å²) < 4.78 is 39.0. The maximum atomic E-state index is 13.1. The minimum atomic E-state index is -3.65. The Bertz CT molecular complexity index is 840. The highest BCUT2D eigenvalue weighted by molar-refractivity contribution is 7.89. The van der Waals surface area contributed by atoms with Crippen LogP contribution in [0.5, 0.6) is 11.6 Å². The van der Waals surface area contributed by atoms with Crippen molar-refractivity contribution < 1.29 is 17.9 Å². The van der Waals surface area contributed by atoms with Crippen LogP contribution in [0.25, 0.3) is 0 Å². The molecule has 7 nitrogen and oxygen atoms in total. The van der Waals surface area contributed by atoms with E-state index in [1.165, 1.54) is 4.31 Å². The molecule has 1 aliphatic heterocycles. The van der Waals surface area contributed by atoms with Gasteiger partial charge in [0.2, 0.25) is 15.9 Å². The Hall–Kier alpha value is -2.19. The fourth-order valence-corrected chi connectivity index (χ4v) is 4.56. The molecule has 1 saturated heterocycles. The average Bonchev–Trinajstić information content (AvgIpc) is 2.64. The molecule has 2 heterocycles. The Morgan fingerprint density at radius 1 is 1.19 bits per heavy atom. The van der Waals surface area contributed by atoms with Crippen LogP contribution in [0.3, 0.4) is 0 Å². The van der Waals surface area contributed by atoms with Crippen molar-refractivity contribution in [2.75, 3.05) is 19.7 Å². The molecule has 3 rings (SSSR count). The number of hydrogen-bond donors (Lipinski definition) is 0. The van der Waals surface area contributed by atoms with Gasteiger partial charge in [0, 0.05) is 12.6 Å². The molecular weight excluding hydrogens is 354 g/mol. The Labute approximate surface area is 154 Å². The molecule has 1 unspecified atom stereocenters. The lowest BCUT2D eigenvalue weighted by Gasteiger charge is -2.32. The highest BCUT2D eigenvalue weighted by atomic mass is 32.2. The van der Waals surface area contributed by atoms with E-state index in [4.69, 9.17) is 9.47 Å². The first-order chi connectivity index (χ1) is 12.5. The zero-order valence-corrected chi connectivity index (χ0v) is 15.8. The SMILES string of the molecule is CCOc1ccccc1S(=O)(=O)N1CCCC(Oc2ccc(C)nn2)C1. The van der Waals surface area contributed by atoms with Crippen LogP contribution in [0.1, 0.15) is 25.5 Å². The summed E-state index contributed by atoms with van der Waals surface area (Å²) in [5.41, 5.74) is 0.803. The second kappa shape index (κ2) is 8.01. The zero-order valence-electron chi connectivity index (χ0n) is 15.0. The second-order valence-corrected chi connectivity index (χ2v) is 8.04. The summed E-state index contributed by atoms with van der Waals surface area (Å²) in [4.78, 5) is 0.192. The molecule has 140 valence electrons. The Balaban J connectivity index is 1.77. The van der Waals surface area contributed by atoms with Crippen molar-refractivity contribution in [3.63, 3.8) is 0 Å². The van der Waals surface area contributed by atoms with E-state index in [-0.39, 0.29) is 17.5 Å². The molecule has 8 heteroatoms. The number of nitrogens with zero attached hydrogens (tertiary/aromatic N) is 3. The van der Waals surface area contributed by atoms with Gasteiger partial charge >= 0.3 is 0 Å². The lowest BCUT2D eigenvalue weighted by Crippen LogP contribution is -2.44. The van der Waals surface area contributed by atoms with Gasteiger partial charge in [-0.05, 0) is 44.9 Å². The van der Waals surface area contributed by atoms with E-state index in [0.29, 0.717) is 24.8 Å². The van der Waals surface area contributed by atoms with E-state index in [0.717, 1.165) is 18.5 Å². The van der Waals surface area contributed by atoms with Gasteiger partial charge in [0.25, 0.3) is 0 Å². The first-order valence-electron chi connectivity index (χ1n) is 8.69. The lowest BCUT2D eigenvalue weighted by atomic mass is 10.1. The summed E-state index contributed by atoms with van der Waals surface area (Å²) in [7, 11) is -3.65. The predicted octanol–water partition coefficient (Wildman–Crippen LogP) is 2.42. The van der Waals surface area contributed by atoms with Crippen LogP contribution >= 0.6 is 0 Å². The van der Waals surface area contributed by atoms with E-state index in [2.05, 4.69) is 10.2 Å². The molecule has 1 atom stereocenters. The van der Waals surface area contributed by atoms with Crippen molar-refractivity contribution in [1.29, 1.82) is 0 Å². The van der Waals surface area contributed by atoms with Gasteiger partial charge in [-0.25, -0.2) is 8.42 Å². The quantitative estimate of drug-likeness (QED) is 0.769. The molecule has 1 aromatic carbocycles. The molecule has 0 bridgehead atoms. The number of aryl methyl sites for hydroxylation is 1. The highest BCUT2D eigenvalue weighted by Gasteiger charge is 2.33. The van der Waals surface area contributed by atoms with Gasteiger partial charge < -0.3 is 9.47 Å². The van der Waals surface area contributed by atoms with Crippen molar-refractivity contribution >= 4 is 10.0 Å². The third-order valence-corrected chi connectivity index (χ3v) is 6.07. The predicted molar refractivity (Wildman–Crippen MR) is 96.8 cm³/mol. The largest absolute Gasteiger partial charge is 0.492 e. The lowest BCUT2D eigenvalue weighted by molar-refractivity contribution is 0.123. The van der Waals surface area contributed by atoms with Crippen LogP contribution in [0.15, 0.2) is 41.3 Å². The number of piperidine rings is 1. The minimum absolute atomic E-state index is 0.192. The van der Waals surface area contributed by atoms with Crippen molar-refractivity contribution in [3.8, 4) is 11.6 Å². The highest BCUT2D eigenvalue weighted by Crippen LogP contribution is 2.29. The number of rotatable bonds is 6. The summed E-state index contributed by atoms with van der Waals surface area (Å²) >= 11 is 0. The fraction of sp³-hybridized carbons (Fsp3) is 0.444. The number of aromatic nitrogens is 2. The van der Waals surface area contributed by atoms with Gasteiger partial charge in [-0.2, -0.15) is 9.40 Å². The molecule has 2 aromatic rings. The van der Waals surface area contributed by atoms with Crippen LogP contribution in [-0.4, -0.2) is 48.7 Å². The number of sulfonamides is 1. The smallest absolute Gasteiger partial charge is 0.246 e. The van der Waals surface area contributed by atoms with E-state index in [1.54, 1.807) is 30.3 Å². The standard InChI is InChI=1S/C18H23N3O4S/c1-3-24-16-8-4-5-9-17(16)26(22,23)21-12-6-7-15(13-21)25-18-11-10-14(2)19-20-18/h4-5,8-11,15H,3,6-7,12-13H2,1-2H3. The molecule has 0 N–H and O–H groups in total. The first kappa shape index (κ1) is 18.6. The van der Waals surface area contributed by atoms with Crippen molar-refractivity contribution in [3.05, 3.63) is 42.1 Å². The minimum Gasteiger partial charge on any atom is -0.492 e. The summed E-state index contributed by atoms with van der Waals surface area (Å²) in [6, 6.07) is 10.3. The molecule has 0 amide bonds. The molecule has 1 aliphatic rings. The maximum absolute atomic E-state index is 13.1. The van der Waals surface area contributed by atoms with Crippen molar-refractivity contribution in [2.45, 2.75) is 37.7 Å². The third kappa shape index (κ3) is 4.13. The van der Waals surface area contributed by atoms with E-state index >= 15 is 0 Å². The molecular formula is C18H23N3O4S. The van der Waals surface area contributed by atoms with E-state index in [1.807, 2.05) is 19.9 Å².